The summed E-state index contributed by atoms with van der Waals surface area (Å²) in [6.07, 6.45) is -0.182. The average molecular weight is 266 g/mol. The summed E-state index contributed by atoms with van der Waals surface area (Å²) < 4.78 is 15.4. The Bertz CT molecular complexity index is 465. The summed E-state index contributed by atoms with van der Waals surface area (Å²) in [4.78, 5) is 22.6. The number of methoxy groups -OCH3 is 1. The van der Waals surface area contributed by atoms with Crippen molar-refractivity contribution in [1.29, 1.82) is 0 Å². The fourth-order valence-corrected chi connectivity index (χ4v) is 1.44. The van der Waals surface area contributed by atoms with Gasteiger partial charge in [-0.25, -0.2) is 4.79 Å². The number of esters is 1. The Hall–Kier alpha value is -2.04. The van der Waals surface area contributed by atoms with Crippen molar-refractivity contribution < 1.29 is 23.8 Å². The fourth-order valence-electron chi connectivity index (χ4n) is 1.44. The minimum absolute atomic E-state index is 0.0657. The molecule has 0 aromatic heterocycles. The van der Waals surface area contributed by atoms with E-state index in [4.69, 9.17) is 14.2 Å². The molecule has 0 saturated carbocycles. The van der Waals surface area contributed by atoms with Crippen molar-refractivity contribution in [3.05, 3.63) is 23.8 Å². The molecule has 1 rings (SSSR count). The molecule has 0 radical (unpaired) electrons. The smallest absolute Gasteiger partial charge is 0.344 e. The molecule has 5 nitrogen and oxygen atoms in total. The molecule has 5 heteroatoms. The Morgan fingerprint density at radius 3 is 2.42 bits per heavy atom. The van der Waals surface area contributed by atoms with Gasteiger partial charge >= 0.3 is 5.97 Å². The van der Waals surface area contributed by atoms with E-state index in [2.05, 4.69) is 0 Å². The van der Waals surface area contributed by atoms with Gasteiger partial charge in [-0.1, -0.05) is 0 Å². The second-order valence-electron chi connectivity index (χ2n) is 4.25. The summed E-state index contributed by atoms with van der Waals surface area (Å²) in [6.45, 7) is 4.80. The highest BCUT2D eigenvalue weighted by Gasteiger charge is 2.11. The highest BCUT2D eigenvalue weighted by molar-refractivity contribution is 5.94. The lowest BCUT2D eigenvalue weighted by Gasteiger charge is -2.12. The molecule has 0 N–H and O–H groups in total. The van der Waals surface area contributed by atoms with E-state index in [1.165, 1.54) is 14.0 Å². The number of carbonyl (C=O) groups is 2. The van der Waals surface area contributed by atoms with E-state index < -0.39 is 5.97 Å². The molecule has 0 heterocycles. The molecule has 0 aliphatic carbocycles. The van der Waals surface area contributed by atoms with Crippen molar-refractivity contribution in [3.63, 3.8) is 0 Å². The average Bonchev–Trinajstić information content (AvgIpc) is 2.35. The summed E-state index contributed by atoms with van der Waals surface area (Å²) >= 11 is 0. The third-order valence-electron chi connectivity index (χ3n) is 2.28. The number of ketones is 1. The van der Waals surface area contributed by atoms with E-state index in [0.29, 0.717) is 17.1 Å². The first-order valence-corrected chi connectivity index (χ1v) is 5.95. The van der Waals surface area contributed by atoms with Gasteiger partial charge in [0.2, 0.25) is 0 Å². The van der Waals surface area contributed by atoms with E-state index in [0.717, 1.165) is 0 Å². The van der Waals surface area contributed by atoms with Crippen LogP contribution in [0.15, 0.2) is 18.2 Å². The maximum atomic E-state index is 11.4. The Morgan fingerprint density at radius 1 is 1.21 bits per heavy atom. The lowest BCUT2D eigenvalue weighted by Crippen LogP contribution is -2.18. The molecule has 0 atom stereocenters. The third-order valence-corrected chi connectivity index (χ3v) is 2.28. The van der Waals surface area contributed by atoms with Gasteiger partial charge in [0.05, 0.1) is 13.2 Å². The van der Waals surface area contributed by atoms with Gasteiger partial charge in [-0.3, -0.25) is 4.79 Å². The zero-order chi connectivity index (χ0) is 14.4. The van der Waals surface area contributed by atoms with Crippen LogP contribution in [0.2, 0.25) is 0 Å². The van der Waals surface area contributed by atoms with Gasteiger partial charge in [-0.05, 0) is 39.0 Å². The van der Waals surface area contributed by atoms with E-state index >= 15 is 0 Å². The number of rotatable bonds is 6. The molecule has 0 bridgehead atoms. The maximum absolute atomic E-state index is 11.4. The first-order chi connectivity index (χ1) is 8.93. The van der Waals surface area contributed by atoms with Crippen molar-refractivity contribution >= 4 is 11.8 Å². The summed E-state index contributed by atoms with van der Waals surface area (Å²) in [5, 5.41) is 0. The highest BCUT2D eigenvalue weighted by Crippen LogP contribution is 2.28. The number of Topliss-reactive ketones (excluding diaryl/α,β-unsaturated/α-hetero) is 1. The van der Waals surface area contributed by atoms with Crippen LogP contribution in [0, 0.1) is 0 Å². The van der Waals surface area contributed by atoms with Crippen LogP contribution in [-0.2, 0) is 9.53 Å². The van der Waals surface area contributed by atoms with Crippen molar-refractivity contribution in [2.24, 2.45) is 0 Å². The van der Waals surface area contributed by atoms with Crippen LogP contribution in [0.25, 0.3) is 0 Å². The predicted octanol–water partition coefficient (Wildman–Crippen LogP) is 2.23. The largest absolute Gasteiger partial charge is 0.493 e. The van der Waals surface area contributed by atoms with Crippen LogP contribution in [0.4, 0.5) is 0 Å². The maximum Gasteiger partial charge on any atom is 0.344 e. The second kappa shape index (κ2) is 6.78. The van der Waals surface area contributed by atoms with Gasteiger partial charge in [0, 0.05) is 5.56 Å². The third kappa shape index (κ3) is 4.62. The molecule has 1 aromatic rings. The van der Waals surface area contributed by atoms with Gasteiger partial charge in [0.15, 0.2) is 23.9 Å². The molecular weight excluding hydrogens is 248 g/mol. The molecule has 0 aliphatic heterocycles. The van der Waals surface area contributed by atoms with Crippen LogP contribution < -0.4 is 9.47 Å². The first-order valence-electron chi connectivity index (χ1n) is 5.95. The Kier molecular flexibility index (Phi) is 5.36. The zero-order valence-electron chi connectivity index (χ0n) is 11.6. The van der Waals surface area contributed by atoms with Crippen molar-refractivity contribution in [2.75, 3.05) is 13.7 Å². The summed E-state index contributed by atoms with van der Waals surface area (Å²) in [7, 11) is 1.47. The van der Waals surface area contributed by atoms with Gasteiger partial charge in [-0.2, -0.15) is 0 Å². The Labute approximate surface area is 112 Å². The Balaban J connectivity index is 2.73. The van der Waals surface area contributed by atoms with E-state index in [-0.39, 0.29) is 18.5 Å². The van der Waals surface area contributed by atoms with Crippen LogP contribution in [0.1, 0.15) is 31.1 Å². The van der Waals surface area contributed by atoms with E-state index in [1.807, 2.05) is 0 Å². The first kappa shape index (κ1) is 15.0. The molecule has 1 aromatic carbocycles. The molecule has 19 heavy (non-hydrogen) atoms. The van der Waals surface area contributed by atoms with Crippen LogP contribution in [0.3, 0.4) is 0 Å². The van der Waals surface area contributed by atoms with Gasteiger partial charge in [0.1, 0.15) is 0 Å². The molecule has 0 unspecified atom stereocenters. The van der Waals surface area contributed by atoms with Gasteiger partial charge < -0.3 is 14.2 Å². The molecule has 0 spiro atoms. The Morgan fingerprint density at radius 2 is 1.89 bits per heavy atom. The number of ether oxygens (including phenoxy) is 3. The van der Waals surface area contributed by atoms with Gasteiger partial charge in [0.25, 0.3) is 0 Å². The molecule has 0 fully saturated rings. The normalized spacial score (nSPS) is 10.2. The minimum atomic E-state index is -0.451. The number of hydrogen-bond donors (Lipinski definition) is 0. The standard InChI is InChI=1S/C14H18O5/c1-9(2)19-14(16)8-18-12-6-5-11(10(3)15)7-13(12)17-4/h5-7,9H,8H2,1-4H3. The fraction of sp³-hybridized carbons (Fsp3) is 0.429. The van der Waals surface area contributed by atoms with Crippen molar-refractivity contribution in [1.82, 2.24) is 0 Å². The van der Waals surface area contributed by atoms with E-state index in [1.54, 1.807) is 32.0 Å². The molecule has 0 saturated heterocycles. The molecule has 104 valence electrons. The summed E-state index contributed by atoms with van der Waals surface area (Å²) in [6, 6.07) is 4.79. The van der Waals surface area contributed by atoms with Crippen LogP contribution in [0.5, 0.6) is 11.5 Å². The second-order valence-corrected chi connectivity index (χ2v) is 4.25. The minimum Gasteiger partial charge on any atom is -0.493 e. The lowest BCUT2D eigenvalue weighted by molar-refractivity contribution is -0.149. The van der Waals surface area contributed by atoms with E-state index in [9.17, 15) is 9.59 Å². The monoisotopic (exact) mass is 266 g/mol. The number of benzene rings is 1. The topological polar surface area (TPSA) is 61.8 Å². The zero-order valence-corrected chi connectivity index (χ0v) is 11.6. The van der Waals surface area contributed by atoms with Crippen LogP contribution in [-0.4, -0.2) is 31.6 Å². The molecular formula is C14H18O5. The summed E-state index contributed by atoms with van der Waals surface area (Å²) in [5.41, 5.74) is 0.522. The van der Waals surface area contributed by atoms with Gasteiger partial charge in [-0.15, -0.1) is 0 Å². The van der Waals surface area contributed by atoms with Crippen molar-refractivity contribution in [2.45, 2.75) is 26.9 Å². The number of hydrogen-bond acceptors (Lipinski definition) is 5. The summed E-state index contributed by atoms with van der Waals surface area (Å²) in [5.74, 6) is 0.287. The quantitative estimate of drug-likeness (QED) is 0.583. The lowest BCUT2D eigenvalue weighted by atomic mass is 10.1. The predicted molar refractivity (Wildman–Crippen MR) is 69.7 cm³/mol. The highest BCUT2D eigenvalue weighted by atomic mass is 16.6. The SMILES string of the molecule is COc1cc(C(C)=O)ccc1OCC(=O)OC(C)C. The molecule has 0 amide bonds. The molecule has 0 aliphatic rings. The van der Waals surface area contributed by atoms with Crippen LogP contribution >= 0.6 is 0 Å². The number of carbonyl (C=O) groups excluding carboxylic acids is 2. The van der Waals surface area contributed by atoms with Crippen molar-refractivity contribution in [3.8, 4) is 11.5 Å².